The Labute approximate surface area is 132 Å². The molecule has 0 aliphatic carbocycles. The van der Waals surface area contributed by atoms with Gasteiger partial charge in [-0.3, -0.25) is 4.79 Å². The molecule has 1 aromatic carbocycles. The first-order valence-corrected chi connectivity index (χ1v) is 8.25. The molecule has 3 nitrogen and oxygen atoms in total. The zero-order valence-corrected chi connectivity index (χ0v) is 13.7. The largest absolute Gasteiger partial charge is 0.338 e. The third kappa shape index (κ3) is 4.45. The highest BCUT2D eigenvalue weighted by Gasteiger charge is 2.22. The molecule has 1 heterocycles. The predicted octanol–water partition coefficient (Wildman–Crippen LogP) is 3.50. The topological polar surface area (TPSA) is 32.3 Å². The fraction of sp³-hybridized carbons (Fsp3) is 0.588. The number of piperidine rings is 1. The molecule has 0 spiro atoms. The van der Waals surface area contributed by atoms with Gasteiger partial charge >= 0.3 is 0 Å². The number of aryl methyl sites for hydroxylation is 1. The predicted molar refractivity (Wildman–Crippen MR) is 88.0 cm³/mol. The van der Waals surface area contributed by atoms with Crippen molar-refractivity contribution in [3.05, 3.63) is 34.3 Å². The van der Waals surface area contributed by atoms with Crippen LogP contribution in [-0.4, -0.2) is 37.0 Å². The fourth-order valence-corrected chi connectivity index (χ4v) is 3.09. The van der Waals surface area contributed by atoms with Gasteiger partial charge in [0.2, 0.25) is 0 Å². The Hall–Kier alpha value is -1.06. The lowest BCUT2D eigenvalue weighted by atomic mass is 9.97. The van der Waals surface area contributed by atoms with Crippen molar-refractivity contribution in [2.45, 2.75) is 33.1 Å². The zero-order chi connectivity index (χ0) is 15.2. The van der Waals surface area contributed by atoms with Gasteiger partial charge in [-0.15, -0.1) is 0 Å². The molecule has 21 heavy (non-hydrogen) atoms. The summed E-state index contributed by atoms with van der Waals surface area (Å²) in [5.74, 6) is 0.733. The Morgan fingerprint density at radius 2 is 2.10 bits per heavy atom. The van der Waals surface area contributed by atoms with Crippen LogP contribution in [0.3, 0.4) is 0 Å². The molecule has 4 heteroatoms. The maximum absolute atomic E-state index is 12.8. The maximum Gasteiger partial charge on any atom is 0.254 e. The van der Waals surface area contributed by atoms with E-state index in [0.717, 1.165) is 56.6 Å². The lowest BCUT2D eigenvalue weighted by Crippen LogP contribution is -2.40. The number of benzene rings is 1. The highest BCUT2D eigenvalue weighted by Crippen LogP contribution is 2.20. The number of hydrogen-bond donors (Lipinski definition) is 1. The highest BCUT2D eigenvalue weighted by molar-refractivity contribution is 6.31. The molecule has 1 saturated heterocycles. The molecule has 0 saturated carbocycles. The quantitative estimate of drug-likeness (QED) is 0.903. The molecular weight excluding hydrogens is 284 g/mol. The molecule has 0 atom stereocenters. The summed E-state index contributed by atoms with van der Waals surface area (Å²) in [6.07, 6.45) is 3.29. The number of rotatable bonds is 5. The summed E-state index contributed by atoms with van der Waals surface area (Å²) in [6, 6.07) is 5.55. The molecule has 2 rings (SSSR count). The monoisotopic (exact) mass is 308 g/mol. The van der Waals surface area contributed by atoms with Crippen molar-refractivity contribution in [3.63, 3.8) is 0 Å². The summed E-state index contributed by atoms with van der Waals surface area (Å²) < 4.78 is 0. The molecule has 1 amide bonds. The summed E-state index contributed by atoms with van der Waals surface area (Å²) in [6.45, 7) is 7.89. The second kappa shape index (κ2) is 7.81. The van der Waals surface area contributed by atoms with E-state index < -0.39 is 0 Å². The van der Waals surface area contributed by atoms with Gasteiger partial charge in [-0.25, -0.2) is 0 Å². The van der Waals surface area contributed by atoms with Crippen LogP contribution in [0.15, 0.2) is 18.2 Å². The molecule has 1 fully saturated rings. The number of hydrogen-bond acceptors (Lipinski definition) is 2. The van der Waals surface area contributed by atoms with Crippen molar-refractivity contribution in [2.75, 3.05) is 26.2 Å². The number of nitrogens with zero attached hydrogens (tertiary/aromatic N) is 1. The van der Waals surface area contributed by atoms with Crippen LogP contribution in [0.5, 0.6) is 0 Å². The Morgan fingerprint density at radius 1 is 1.38 bits per heavy atom. The first-order valence-electron chi connectivity index (χ1n) is 7.88. The highest BCUT2D eigenvalue weighted by atomic mass is 35.5. The summed E-state index contributed by atoms with van der Waals surface area (Å²) in [5, 5.41) is 4.00. The van der Waals surface area contributed by atoms with Crippen LogP contribution in [0, 0.1) is 12.8 Å². The molecule has 0 bridgehead atoms. The van der Waals surface area contributed by atoms with E-state index in [1.54, 1.807) is 6.07 Å². The number of carbonyl (C=O) groups excluding carboxylic acids is 1. The molecule has 1 aliphatic heterocycles. The molecule has 1 N–H and O–H groups in total. The Bertz CT molecular complexity index is 484. The minimum Gasteiger partial charge on any atom is -0.338 e. The number of nitrogens with one attached hydrogen (secondary N) is 1. The fourth-order valence-electron chi connectivity index (χ4n) is 2.92. The van der Waals surface area contributed by atoms with Crippen molar-refractivity contribution < 1.29 is 4.79 Å². The standard InChI is InChI=1S/C17H25ClN2O/c1-3-10-20(12-14-6-8-19-9-7-14)17(21)16-11-15(18)5-4-13(16)2/h4-5,11,14,19H,3,6-10,12H2,1-2H3. The SMILES string of the molecule is CCCN(CC1CCNCC1)C(=O)c1cc(Cl)ccc1C. The van der Waals surface area contributed by atoms with E-state index in [1.807, 2.05) is 24.0 Å². The van der Waals surface area contributed by atoms with Gasteiger partial charge in [-0.1, -0.05) is 24.6 Å². The summed E-state index contributed by atoms with van der Waals surface area (Å²) in [4.78, 5) is 14.8. The van der Waals surface area contributed by atoms with E-state index in [2.05, 4.69) is 12.2 Å². The van der Waals surface area contributed by atoms with Crippen LogP contribution < -0.4 is 5.32 Å². The minimum absolute atomic E-state index is 0.121. The lowest BCUT2D eigenvalue weighted by molar-refractivity contribution is 0.0715. The van der Waals surface area contributed by atoms with Gasteiger partial charge in [0.25, 0.3) is 5.91 Å². The average molecular weight is 309 g/mol. The molecule has 116 valence electrons. The van der Waals surface area contributed by atoms with Crippen molar-refractivity contribution in [1.29, 1.82) is 0 Å². The lowest BCUT2D eigenvalue weighted by Gasteiger charge is -2.30. The van der Waals surface area contributed by atoms with Crippen molar-refractivity contribution in [3.8, 4) is 0 Å². The van der Waals surface area contributed by atoms with Crippen LogP contribution in [0.25, 0.3) is 0 Å². The number of carbonyl (C=O) groups is 1. The third-order valence-electron chi connectivity index (χ3n) is 4.15. The van der Waals surface area contributed by atoms with Gasteiger partial charge in [0, 0.05) is 23.7 Å². The Morgan fingerprint density at radius 3 is 2.76 bits per heavy atom. The van der Waals surface area contributed by atoms with Crippen molar-refractivity contribution >= 4 is 17.5 Å². The smallest absolute Gasteiger partial charge is 0.254 e. The van der Waals surface area contributed by atoms with E-state index in [0.29, 0.717) is 10.9 Å². The Kier molecular flexibility index (Phi) is 6.07. The van der Waals surface area contributed by atoms with Crippen LogP contribution >= 0.6 is 11.6 Å². The number of halogens is 1. The van der Waals surface area contributed by atoms with Crippen LogP contribution in [-0.2, 0) is 0 Å². The van der Waals surface area contributed by atoms with E-state index >= 15 is 0 Å². The minimum atomic E-state index is 0.121. The van der Waals surface area contributed by atoms with E-state index in [-0.39, 0.29) is 5.91 Å². The second-order valence-electron chi connectivity index (χ2n) is 5.90. The van der Waals surface area contributed by atoms with Gasteiger partial charge in [-0.2, -0.15) is 0 Å². The normalized spacial score (nSPS) is 16.0. The first kappa shape index (κ1) is 16.3. The zero-order valence-electron chi connectivity index (χ0n) is 13.0. The van der Waals surface area contributed by atoms with Crippen LogP contribution in [0.4, 0.5) is 0 Å². The van der Waals surface area contributed by atoms with Gasteiger partial charge in [0.1, 0.15) is 0 Å². The van der Waals surface area contributed by atoms with Crippen molar-refractivity contribution in [2.24, 2.45) is 5.92 Å². The number of amides is 1. The maximum atomic E-state index is 12.8. The van der Waals surface area contributed by atoms with Gasteiger partial charge < -0.3 is 10.2 Å². The first-order chi connectivity index (χ1) is 10.1. The summed E-state index contributed by atoms with van der Waals surface area (Å²) in [7, 11) is 0. The van der Waals surface area contributed by atoms with E-state index in [4.69, 9.17) is 11.6 Å². The molecule has 0 unspecified atom stereocenters. The molecule has 1 aromatic rings. The third-order valence-corrected chi connectivity index (χ3v) is 4.38. The van der Waals surface area contributed by atoms with Gasteiger partial charge in [-0.05, 0) is 62.9 Å². The molecular formula is C17H25ClN2O. The second-order valence-corrected chi connectivity index (χ2v) is 6.34. The van der Waals surface area contributed by atoms with Crippen LogP contribution in [0.2, 0.25) is 5.02 Å². The van der Waals surface area contributed by atoms with Gasteiger partial charge in [0.05, 0.1) is 0 Å². The molecule has 1 aliphatic rings. The van der Waals surface area contributed by atoms with Crippen molar-refractivity contribution in [1.82, 2.24) is 10.2 Å². The average Bonchev–Trinajstić information content (AvgIpc) is 2.49. The Balaban J connectivity index is 2.12. The van der Waals surface area contributed by atoms with E-state index in [1.165, 1.54) is 0 Å². The molecule has 0 radical (unpaired) electrons. The van der Waals surface area contributed by atoms with Crippen LogP contribution in [0.1, 0.15) is 42.1 Å². The summed E-state index contributed by atoms with van der Waals surface area (Å²) in [5.41, 5.74) is 1.74. The van der Waals surface area contributed by atoms with Gasteiger partial charge in [0.15, 0.2) is 0 Å². The molecule has 0 aromatic heterocycles. The van der Waals surface area contributed by atoms with E-state index in [9.17, 15) is 4.79 Å². The summed E-state index contributed by atoms with van der Waals surface area (Å²) >= 11 is 6.06.